The van der Waals surface area contributed by atoms with Crippen LogP contribution >= 0.6 is 0 Å². The third-order valence-corrected chi connectivity index (χ3v) is 2.10. The quantitative estimate of drug-likeness (QED) is 0.601. The average Bonchev–Trinajstić information content (AvgIpc) is 2.65. The smallest absolute Gasteiger partial charge is 0.304 e. The number of fused-ring (bicyclic) bond motifs is 3. The van der Waals surface area contributed by atoms with Gasteiger partial charge in [0.2, 0.25) is 0 Å². The van der Waals surface area contributed by atoms with Crippen molar-refractivity contribution in [3.8, 4) is 0 Å². The number of anilines is 1. The molecule has 0 atom stereocenters. The van der Waals surface area contributed by atoms with Crippen molar-refractivity contribution in [1.82, 2.24) is 0 Å². The Balaban J connectivity index is 2.51. The molecular formula is C9H5N3O. The van der Waals surface area contributed by atoms with Crippen molar-refractivity contribution in [3.63, 3.8) is 0 Å². The number of aliphatic imine (C=N–C) groups is 1. The molecule has 1 aromatic rings. The third kappa shape index (κ3) is 0.767. The van der Waals surface area contributed by atoms with E-state index in [1.165, 1.54) is 0 Å². The summed E-state index contributed by atoms with van der Waals surface area (Å²) in [6.07, 6.45) is 3.57. The van der Waals surface area contributed by atoms with Gasteiger partial charge in [-0.2, -0.15) is 4.99 Å². The lowest BCUT2D eigenvalue weighted by atomic mass is 10.2. The molecule has 13 heavy (non-hydrogen) atoms. The van der Waals surface area contributed by atoms with Gasteiger partial charge in [0, 0.05) is 11.4 Å². The molecule has 62 valence electrons. The van der Waals surface area contributed by atoms with Crippen LogP contribution in [0.4, 0.5) is 16.2 Å². The van der Waals surface area contributed by atoms with Gasteiger partial charge in [-0.3, -0.25) is 4.99 Å². The Bertz CT molecular complexity index is 557. The van der Waals surface area contributed by atoms with Crippen molar-refractivity contribution in [2.24, 2.45) is 9.98 Å². The fraction of sp³-hybridized carbons (Fsp3) is 0. The highest BCUT2D eigenvalue weighted by molar-refractivity contribution is 5.99. The van der Waals surface area contributed by atoms with E-state index in [0.29, 0.717) is 5.36 Å². The maximum atomic E-state index is 11.0. The second-order valence-electron chi connectivity index (χ2n) is 2.88. The van der Waals surface area contributed by atoms with E-state index >= 15 is 0 Å². The Kier molecular flexibility index (Phi) is 1.02. The average molecular weight is 171 g/mol. The van der Waals surface area contributed by atoms with Gasteiger partial charge >= 0.3 is 6.03 Å². The predicted molar refractivity (Wildman–Crippen MR) is 48.9 cm³/mol. The molecule has 0 aromatic heterocycles. The topological polar surface area (TPSA) is 53.8 Å². The van der Waals surface area contributed by atoms with Crippen LogP contribution in [0.25, 0.3) is 6.08 Å². The fourth-order valence-electron chi connectivity index (χ4n) is 1.53. The Morgan fingerprint density at radius 2 is 2.23 bits per heavy atom. The Morgan fingerprint density at radius 1 is 1.31 bits per heavy atom. The third-order valence-electron chi connectivity index (χ3n) is 2.10. The summed E-state index contributed by atoms with van der Waals surface area (Å²) in [5, 5.41) is 4.28. The number of carbonyl (C=O) groups is 1. The largest absolute Gasteiger partial charge is 0.346 e. The van der Waals surface area contributed by atoms with Crippen LogP contribution in [0.2, 0.25) is 0 Å². The first kappa shape index (κ1) is 6.54. The highest BCUT2D eigenvalue weighted by atomic mass is 16.2. The van der Waals surface area contributed by atoms with Crippen molar-refractivity contribution in [3.05, 3.63) is 22.7 Å². The number of benzene rings is 1. The second-order valence-corrected chi connectivity index (χ2v) is 2.88. The molecule has 1 aromatic carbocycles. The first-order valence-electron chi connectivity index (χ1n) is 3.92. The van der Waals surface area contributed by atoms with Crippen molar-refractivity contribution in [1.29, 1.82) is 0 Å². The van der Waals surface area contributed by atoms with Crippen molar-refractivity contribution in [2.45, 2.75) is 0 Å². The summed E-state index contributed by atoms with van der Waals surface area (Å²) in [6, 6.07) is 3.39. The number of nitrogens with zero attached hydrogens (tertiary/aromatic N) is 2. The van der Waals surface area contributed by atoms with E-state index in [9.17, 15) is 4.79 Å². The van der Waals surface area contributed by atoms with E-state index in [0.717, 1.165) is 16.6 Å². The number of hydrogen-bond donors (Lipinski definition) is 1. The molecule has 0 saturated heterocycles. The van der Waals surface area contributed by atoms with Crippen molar-refractivity contribution < 1.29 is 4.79 Å². The summed E-state index contributed by atoms with van der Waals surface area (Å²) in [4.78, 5) is 19.0. The zero-order valence-corrected chi connectivity index (χ0v) is 6.61. The lowest BCUT2D eigenvalue weighted by molar-refractivity contribution is 0.260. The lowest BCUT2D eigenvalue weighted by Gasteiger charge is -1.94. The molecule has 0 bridgehead atoms. The SMILES string of the molecule is O=C1N=c2c(ccc3c2=CC=N3)N1. The molecule has 0 aliphatic carbocycles. The van der Waals surface area contributed by atoms with Gasteiger partial charge in [-0.25, -0.2) is 4.79 Å². The summed E-state index contributed by atoms with van der Waals surface area (Å²) in [6.45, 7) is 0. The standard InChI is InChI=1S/C9H5N3O/c13-9-11-7-2-1-6-5(3-4-10-6)8(7)12-9/h1-4H,(H,11,12,13). The van der Waals surface area contributed by atoms with E-state index < -0.39 is 0 Å². The zero-order valence-electron chi connectivity index (χ0n) is 6.61. The van der Waals surface area contributed by atoms with Gasteiger partial charge in [0.25, 0.3) is 0 Å². The summed E-state index contributed by atoms with van der Waals surface area (Å²) in [5.74, 6) is 0. The maximum Gasteiger partial charge on any atom is 0.346 e. The minimum Gasteiger partial charge on any atom is -0.304 e. The number of carbonyl (C=O) groups excluding carboxylic acids is 1. The number of urea groups is 1. The van der Waals surface area contributed by atoms with Gasteiger partial charge in [0.1, 0.15) is 5.36 Å². The predicted octanol–water partition coefficient (Wildman–Crippen LogP) is 0.348. The molecule has 2 aliphatic rings. The van der Waals surface area contributed by atoms with E-state index in [2.05, 4.69) is 15.3 Å². The van der Waals surface area contributed by atoms with E-state index in [-0.39, 0.29) is 6.03 Å². The number of rotatable bonds is 0. The van der Waals surface area contributed by atoms with Crippen LogP contribution in [0.1, 0.15) is 0 Å². The van der Waals surface area contributed by atoms with Gasteiger partial charge in [-0.1, -0.05) is 0 Å². The van der Waals surface area contributed by atoms with Crippen LogP contribution in [0.5, 0.6) is 0 Å². The van der Waals surface area contributed by atoms with Gasteiger partial charge in [-0.15, -0.1) is 0 Å². The Hall–Kier alpha value is -1.97. The summed E-state index contributed by atoms with van der Waals surface area (Å²) in [7, 11) is 0. The summed E-state index contributed by atoms with van der Waals surface area (Å²) >= 11 is 0. The van der Waals surface area contributed by atoms with Gasteiger partial charge in [0.15, 0.2) is 0 Å². The summed E-state index contributed by atoms with van der Waals surface area (Å²) in [5.41, 5.74) is 1.64. The number of amides is 2. The van der Waals surface area contributed by atoms with Gasteiger partial charge in [0.05, 0.1) is 11.4 Å². The van der Waals surface area contributed by atoms with Crippen LogP contribution in [-0.2, 0) is 0 Å². The molecule has 4 heteroatoms. The van der Waals surface area contributed by atoms with E-state index in [1.54, 1.807) is 6.21 Å². The maximum absolute atomic E-state index is 11.0. The molecule has 2 heterocycles. The van der Waals surface area contributed by atoms with Gasteiger partial charge < -0.3 is 5.32 Å². The van der Waals surface area contributed by atoms with Crippen molar-refractivity contribution in [2.75, 3.05) is 5.32 Å². The minimum absolute atomic E-state index is 0.302. The van der Waals surface area contributed by atoms with Crippen molar-refractivity contribution >= 4 is 29.7 Å². The van der Waals surface area contributed by atoms with E-state index in [1.807, 2.05) is 18.2 Å². The molecule has 0 unspecified atom stereocenters. The molecule has 0 spiro atoms. The normalized spacial score (nSPS) is 15.8. The first-order valence-corrected chi connectivity index (χ1v) is 3.92. The van der Waals surface area contributed by atoms with Crippen LogP contribution in [-0.4, -0.2) is 12.2 Å². The number of hydrogen-bond acceptors (Lipinski definition) is 2. The summed E-state index contributed by atoms with van der Waals surface area (Å²) < 4.78 is 0. The fourth-order valence-corrected chi connectivity index (χ4v) is 1.53. The Labute approximate surface area is 73.3 Å². The molecule has 1 N–H and O–H groups in total. The highest BCUT2D eigenvalue weighted by Gasteiger charge is 2.13. The second kappa shape index (κ2) is 2.04. The molecule has 0 radical (unpaired) electrons. The molecular weight excluding hydrogens is 166 g/mol. The van der Waals surface area contributed by atoms with Crippen LogP contribution in [0.3, 0.4) is 0 Å². The highest BCUT2D eigenvalue weighted by Crippen LogP contribution is 2.11. The zero-order chi connectivity index (χ0) is 8.84. The van der Waals surface area contributed by atoms with E-state index in [4.69, 9.17) is 0 Å². The molecule has 0 fully saturated rings. The van der Waals surface area contributed by atoms with Crippen LogP contribution in [0, 0.1) is 0 Å². The first-order chi connectivity index (χ1) is 6.34. The lowest BCUT2D eigenvalue weighted by Crippen LogP contribution is -2.23. The monoisotopic (exact) mass is 171 g/mol. The Morgan fingerprint density at radius 3 is 3.15 bits per heavy atom. The minimum atomic E-state index is -0.302. The molecule has 3 rings (SSSR count). The molecule has 2 amide bonds. The molecule has 4 nitrogen and oxygen atoms in total. The van der Waals surface area contributed by atoms with Crippen LogP contribution < -0.4 is 15.9 Å². The van der Waals surface area contributed by atoms with Crippen LogP contribution in [0.15, 0.2) is 22.1 Å². The number of nitrogens with one attached hydrogen (secondary N) is 1. The molecule has 0 saturated carbocycles. The van der Waals surface area contributed by atoms with Gasteiger partial charge in [-0.05, 0) is 18.2 Å². The molecule has 2 aliphatic heterocycles.